The van der Waals surface area contributed by atoms with Gasteiger partial charge in [0.15, 0.2) is 0 Å². The first kappa shape index (κ1) is 12.7. The molecule has 2 aromatic rings. The number of methoxy groups -OCH3 is 1. The Hall–Kier alpha value is -1.74. The Balaban J connectivity index is 2.78. The van der Waals surface area contributed by atoms with Crippen LogP contribution in [0.1, 0.15) is 12.5 Å². The highest BCUT2D eigenvalue weighted by Gasteiger charge is 2.19. The minimum Gasteiger partial charge on any atom is -0.495 e. The molecule has 0 bridgehead atoms. The number of rotatable bonds is 3. The molecule has 0 spiro atoms. The molecule has 0 fully saturated rings. The Kier molecular flexibility index (Phi) is 3.72. The van der Waals surface area contributed by atoms with Crippen molar-refractivity contribution in [1.82, 2.24) is 0 Å². The van der Waals surface area contributed by atoms with Crippen molar-refractivity contribution in [3.63, 3.8) is 0 Å². The molecule has 0 atom stereocenters. The zero-order valence-corrected chi connectivity index (χ0v) is 11.0. The van der Waals surface area contributed by atoms with Crippen LogP contribution >= 0.6 is 11.6 Å². The molecule has 0 aliphatic carbocycles. The molecule has 0 amide bonds. The van der Waals surface area contributed by atoms with Crippen LogP contribution in [0.2, 0.25) is 5.22 Å². The van der Waals surface area contributed by atoms with E-state index in [-0.39, 0.29) is 5.22 Å². The van der Waals surface area contributed by atoms with Gasteiger partial charge in [-0.05, 0) is 23.6 Å². The number of hydrogen-bond donors (Lipinski definition) is 0. The highest BCUT2D eigenvalue weighted by Crippen LogP contribution is 2.37. The predicted molar refractivity (Wildman–Crippen MR) is 71.4 cm³/mol. The van der Waals surface area contributed by atoms with E-state index in [2.05, 4.69) is 0 Å². The highest BCUT2D eigenvalue weighted by atomic mass is 35.5. The van der Waals surface area contributed by atoms with Gasteiger partial charge in [-0.15, -0.1) is 0 Å². The van der Waals surface area contributed by atoms with Crippen molar-refractivity contribution in [1.29, 1.82) is 0 Å². The molecule has 0 aliphatic rings. The summed E-state index contributed by atoms with van der Waals surface area (Å²) in [5.74, 6) is 0.491. The summed E-state index contributed by atoms with van der Waals surface area (Å²) in [7, 11) is 1.52. The number of benzene rings is 1. The summed E-state index contributed by atoms with van der Waals surface area (Å²) >= 11 is 6.03. The van der Waals surface area contributed by atoms with E-state index in [1.165, 1.54) is 7.11 Å². The van der Waals surface area contributed by atoms with Gasteiger partial charge in [-0.2, -0.15) is 0 Å². The number of halogens is 1. The number of ether oxygens (including phenoxy) is 1. The lowest BCUT2D eigenvalue weighted by molar-refractivity contribution is 0.397. The zero-order chi connectivity index (χ0) is 13.1. The monoisotopic (exact) mass is 264 g/mol. The molecule has 0 radical (unpaired) electrons. The molecule has 0 unspecified atom stereocenters. The Morgan fingerprint density at radius 2 is 1.94 bits per heavy atom. The smallest absolute Gasteiger partial charge is 0.344 e. The van der Waals surface area contributed by atoms with Gasteiger partial charge in [-0.25, -0.2) is 4.79 Å². The maximum atomic E-state index is 11.7. The van der Waals surface area contributed by atoms with Gasteiger partial charge >= 0.3 is 5.63 Å². The molecule has 0 aliphatic heterocycles. The van der Waals surface area contributed by atoms with Crippen LogP contribution in [0.4, 0.5) is 0 Å². The molecule has 0 saturated carbocycles. The second-order valence-corrected chi connectivity index (χ2v) is 4.11. The van der Waals surface area contributed by atoms with E-state index in [4.69, 9.17) is 20.8 Å². The second kappa shape index (κ2) is 5.27. The topological polar surface area (TPSA) is 39.4 Å². The predicted octanol–water partition coefficient (Wildman–Crippen LogP) is 3.53. The molecule has 18 heavy (non-hydrogen) atoms. The molecular weight excluding hydrogens is 252 g/mol. The van der Waals surface area contributed by atoms with E-state index < -0.39 is 5.63 Å². The average Bonchev–Trinajstić information content (AvgIpc) is 2.38. The van der Waals surface area contributed by atoms with Crippen molar-refractivity contribution < 1.29 is 9.15 Å². The van der Waals surface area contributed by atoms with Crippen molar-refractivity contribution in [3.8, 4) is 16.9 Å². The molecular formula is C14H13ClO3. The van der Waals surface area contributed by atoms with Crippen LogP contribution in [-0.2, 0) is 6.42 Å². The largest absolute Gasteiger partial charge is 0.495 e. The van der Waals surface area contributed by atoms with Crippen molar-refractivity contribution in [2.45, 2.75) is 13.3 Å². The summed E-state index contributed by atoms with van der Waals surface area (Å²) in [5, 5.41) is 0.0558. The van der Waals surface area contributed by atoms with Crippen LogP contribution in [-0.4, -0.2) is 7.11 Å². The van der Waals surface area contributed by atoms with Crippen molar-refractivity contribution >= 4 is 11.6 Å². The zero-order valence-electron chi connectivity index (χ0n) is 10.2. The molecule has 4 heteroatoms. The maximum Gasteiger partial charge on any atom is 0.344 e. The third-order valence-corrected chi connectivity index (χ3v) is 3.01. The molecule has 0 N–H and O–H groups in total. The molecule has 1 heterocycles. The summed E-state index contributed by atoms with van der Waals surface area (Å²) in [6.45, 7) is 1.87. The van der Waals surface area contributed by atoms with Crippen molar-refractivity contribution in [2.75, 3.05) is 7.11 Å². The van der Waals surface area contributed by atoms with Gasteiger partial charge in [0.2, 0.25) is 5.22 Å². The van der Waals surface area contributed by atoms with E-state index in [1.807, 2.05) is 37.3 Å². The fourth-order valence-electron chi connectivity index (χ4n) is 1.91. The van der Waals surface area contributed by atoms with E-state index in [1.54, 1.807) is 0 Å². The number of hydrogen-bond acceptors (Lipinski definition) is 3. The van der Waals surface area contributed by atoms with Gasteiger partial charge in [0.05, 0.1) is 18.2 Å². The maximum absolute atomic E-state index is 11.7. The first-order valence-corrected chi connectivity index (χ1v) is 6.01. The molecule has 3 nitrogen and oxygen atoms in total. The third-order valence-electron chi connectivity index (χ3n) is 2.75. The molecule has 94 valence electrons. The SMILES string of the molecule is CCc1c(OC)c(-c2ccccc2)c(Cl)oc1=O. The van der Waals surface area contributed by atoms with Gasteiger partial charge in [0.1, 0.15) is 5.75 Å². The van der Waals surface area contributed by atoms with Gasteiger partial charge in [-0.1, -0.05) is 37.3 Å². The van der Waals surface area contributed by atoms with Crippen LogP contribution in [0, 0.1) is 0 Å². The van der Waals surface area contributed by atoms with Gasteiger partial charge in [-0.3, -0.25) is 0 Å². The van der Waals surface area contributed by atoms with Crippen LogP contribution < -0.4 is 10.4 Å². The van der Waals surface area contributed by atoms with Crippen LogP contribution in [0.5, 0.6) is 5.75 Å². The summed E-state index contributed by atoms with van der Waals surface area (Å²) in [5.41, 5.74) is 1.54. The Morgan fingerprint density at radius 3 is 2.50 bits per heavy atom. The summed E-state index contributed by atoms with van der Waals surface area (Å²) < 4.78 is 10.4. The fraction of sp³-hybridized carbons (Fsp3) is 0.214. The van der Waals surface area contributed by atoms with Crippen LogP contribution in [0.15, 0.2) is 39.5 Å². The van der Waals surface area contributed by atoms with E-state index in [0.29, 0.717) is 23.3 Å². The average molecular weight is 265 g/mol. The Labute approximate surface area is 110 Å². The van der Waals surface area contributed by atoms with Crippen LogP contribution in [0.3, 0.4) is 0 Å². The lowest BCUT2D eigenvalue weighted by atomic mass is 10.0. The lowest BCUT2D eigenvalue weighted by Crippen LogP contribution is -2.10. The minimum absolute atomic E-state index is 0.0558. The summed E-state index contributed by atoms with van der Waals surface area (Å²) in [6.07, 6.45) is 0.530. The van der Waals surface area contributed by atoms with Crippen molar-refractivity contribution in [2.24, 2.45) is 0 Å². The van der Waals surface area contributed by atoms with Gasteiger partial charge in [0, 0.05) is 0 Å². The molecule has 2 rings (SSSR count). The molecule has 1 aromatic carbocycles. The second-order valence-electron chi connectivity index (χ2n) is 3.77. The highest BCUT2D eigenvalue weighted by molar-refractivity contribution is 6.31. The van der Waals surface area contributed by atoms with E-state index in [9.17, 15) is 4.79 Å². The standard InChI is InChI=1S/C14H13ClO3/c1-3-10-12(17-2)11(13(15)18-14(10)16)9-7-5-4-6-8-9/h4-8H,3H2,1-2H3. The normalized spacial score (nSPS) is 10.4. The first-order valence-electron chi connectivity index (χ1n) is 5.64. The first-order chi connectivity index (χ1) is 8.69. The lowest BCUT2D eigenvalue weighted by Gasteiger charge is -2.12. The van der Waals surface area contributed by atoms with Crippen LogP contribution in [0.25, 0.3) is 11.1 Å². The third kappa shape index (κ3) is 2.14. The summed E-state index contributed by atoms with van der Waals surface area (Å²) in [4.78, 5) is 11.7. The molecule has 0 saturated heterocycles. The quantitative estimate of drug-likeness (QED) is 0.851. The molecule has 1 aromatic heterocycles. The van der Waals surface area contributed by atoms with E-state index >= 15 is 0 Å². The van der Waals surface area contributed by atoms with E-state index in [0.717, 1.165) is 5.56 Å². The van der Waals surface area contributed by atoms with Gasteiger partial charge in [0.25, 0.3) is 0 Å². The Morgan fingerprint density at radius 1 is 1.28 bits per heavy atom. The fourth-order valence-corrected chi connectivity index (χ4v) is 2.17. The van der Waals surface area contributed by atoms with Gasteiger partial charge < -0.3 is 9.15 Å². The summed E-state index contributed by atoms with van der Waals surface area (Å²) in [6, 6.07) is 9.47. The minimum atomic E-state index is -0.445. The van der Waals surface area contributed by atoms with Crippen molar-refractivity contribution in [3.05, 3.63) is 51.5 Å². The Bertz CT molecular complexity index is 602.